The lowest BCUT2D eigenvalue weighted by atomic mass is 10.0. The first-order valence-corrected chi connectivity index (χ1v) is 5.30. The summed E-state index contributed by atoms with van der Waals surface area (Å²) in [6, 6.07) is 0. The van der Waals surface area contributed by atoms with E-state index in [1.807, 2.05) is 0 Å². The highest BCUT2D eigenvalue weighted by Gasteiger charge is 2.16. The molecule has 1 heterocycles. The zero-order valence-corrected chi connectivity index (χ0v) is 7.55. The largest absolute Gasteiger partial charge is 0.381 e. The molecule has 12 heavy (non-hydrogen) atoms. The third kappa shape index (κ3) is 4.01. The minimum Gasteiger partial charge on any atom is -0.381 e. The fourth-order valence-corrected chi connectivity index (χ4v) is 1.51. The molecule has 1 rings (SSSR count). The molecule has 0 radical (unpaired) electrons. The monoisotopic (exact) mass is 195 g/mol. The molecular weight excluding hydrogens is 182 g/mol. The topological polar surface area (TPSA) is 78.6 Å². The van der Waals surface area contributed by atoms with Crippen LogP contribution in [0, 0.1) is 5.92 Å². The van der Waals surface area contributed by atoms with Crippen LogP contribution in [-0.4, -0.2) is 28.2 Å². The summed E-state index contributed by atoms with van der Waals surface area (Å²) >= 11 is 0. The normalized spacial score (nSPS) is 25.6. The summed E-state index contributed by atoms with van der Waals surface area (Å²) in [4.78, 5) is 0. The summed E-state index contributed by atoms with van der Waals surface area (Å²) in [6.07, 6.45) is 1.90. The van der Waals surface area contributed by atoms with Crippen molar-refractivity contribution in [2.24, 2.45) is 11.1 Å². The molecule has 5 nitrogen and oxygen atoms in total. The first-order valence-electron chi connectivity index (χ1n) is 3.83. The van der Waals surface area contributed by atoms with Gasteiger partial charge in [-0.2, -0.15) is 8.42 Å². The smallest absolute Gasteiger partial charge is 0.333 e. The summed E-state index contributed by atoms with van der Waals surface area (Å²) < 4.78 is 30.3. The highest BCUT2D eigenvalue weighted by Crippen LogP contribution is 2.13. The van der Waals surface area contributed by atoms with Gasteiger partial charge in [0.05, 0.1) is 13.2 Å². The lowest BCUT2D eigenvalue weighted by Crippen LogP contribution is -2.26. The van der Waals surface area contributed by atoms with Crippen LogP contribution in [0.2, 0.25) is 0 Å². The van der Waals surface area contributed by atoms with Crippen LogP contribution >= 0.6 is 0 Å². The van der Waals surface area contributed by atoms with Crippen molar-refractivity contribution in [3.05, 3.63) is 0 Å². The molecule has 0 saturated carbocycles. The Labute approximate surface area is 72.1 Å². The molecule has 72 valence electrons. The number of nitrogens with two attached hydrogens (primary N) is 1. The van der Waals surface area contributed by atoms with E-state index < -0.39 is 10.3 Å². The molecule has 0 aromatic heterocycles. The van der Waals surface area contributed by atoms with Crippen LogP contribution in [-0.2, 0) is 19.2 Å². The zero-order valence-electron chi connectivity index (χ0n) is 6.73. The lowest BCUT2D eigenvalue weighted by Gasteiger charge is -2.20. The molecule has 0 aromatic carbocycles. The summed E-state index contributed by atoms with van der Waals surface area (Å²) in [5, 5.41) is 4.66. The van der Waals surface area contributed by atoms with Crippen LogP contribution in [0.25, 0.3) is 0 Å². The number of hydrogen-bond donors (Lipinski definition) is 1. The average Bonchev–Trinajstić information content (AvgIpc) is 2.02. The predicted molar refractivity (Wildman–Crippen MR) is 42.6 cm³/mol. The molecule has 1 atom stereocenters. The predicted octanol–water partition coefficient (Wildman–Crippen LogP) is -0.367. The molecular formula is C6H13NO4S. The van der Waals surface area contributed by atoms with Gasteiger partial charge in [-0.3, -0.25) is 4.18 Å². The average molecular weight is 195 g/mol. The lowest BCUT2D eigenvalue weighted by molar-refractivity contribution is 0.0363. The van der Waals surface area contributed by atoms with Gasteiger partial charge in [0.15, 0.2) is 0 Å². The molecule has 1 aliphatic rings. The second kappa shape index (κ2) is 4.18. The Morgan fingerprint density at radius 1 is 1.58 bits per heavy atom. The Bertz CT molecular complexity index is 220. The molecule has 1 unspecified atom stereocenters. The highest BCUT2D eigenvalue weighted by molar-refractivity contribution is 7.84. The van der Waals surface area contributed by atoms with Crippen molar-refractivity contribution in [3.8, 4) is 0 Å². The van der Waals surface area contributed by atoms with E-state index in [2.05, 4.69) is 9.32 Å². The van der Waals surface area contributed by atoms with Gasteiger partial charge in [0, 0.05) is 12.5 Å². The highest BCUT2D eigenvalue weighted by atomic mass is 32.2. The molecule has 0 aliphatic carbocycles. The first-order chi connectivity index (χ1) is 5.58. The minimum atomic E-state index is -3.78. The molecule has 6 heteroatoms. The molecule has 0 amide bonds. The molecule has 2 N–H and O–H groups in total. The molecule has 0 spiro atoms. The second-order valence-electron chi connectivity index (χ2n) is 2.86. The Balaban J connectivity index is 2.22. The zero-order chi connectivity index (χ0) is 9.03. The maximum atomic E-state index is 10.4. The second-order valence-corrected chi connectivity index (χ2v) is 4.08. The Morgan fingerprint density at radius 2 is 2.33 bits per heavy atom. The Kier molecular flexibility index (Phi) is 3.45. The van der Waals surface area contributed by atoms with Crippen molar-refractivity contribution in [3.63, 3.8) is 0 Å². The van der Waals surface area contributed by atoms with Crippen molar-refractivity contribution in [1.29, 1.82) is 0 Å². The van der Waals surface area contributed by atoms with Crippen LogP contribution in [0.1, 0.15) is 12.8 Å². The van der Waals surface area contributed by atoms with Crippen LogP contribution in [0.4, 0.5) is 0 Å². The SMILES string of the molecule is NS(=O)(=O)OCC1CCCOC1. The van der Waals surface area contributed by atoms with Gasteiger partial charge in [-0.15, -0.1) is 0 Å². The van der Waals surface area contributed by atoms with Crippen molar-refractivity contribution in [2.75, 3.05) is 19.8 Å². The van der Waals surface area contributed by atoms with Gasteiger partial charge >= 0.3 is 10.3 Å². The summed E-state index contributed by atoms with van der Waals surface area (Å²) in [5.41, 5.74) is 0. The van der Waals surface area contributed by atoms with E-state index in [4.69, 9.17) is 4.74 Å². The van der Waals surface area contributed by atoms with Gasteiger partial charge in [0.25, 0.3) is 0 Å². The minimum absolute atomic E-state index is 0.138. The van der Waals surface area contributed by atoms with E-state index in [-0.39, 0.29) is 12.5 Å². The van der Waals surface area contributed by atoms with Gasteiger partial charge in [0.2, 0.25) is 0 Å². The summed E-state index contributed by atoms with van der Waals surface area (Å²) in [6.45, 7) is 1.46. The van der Waals surface area contributed by atoms with Crippen molar-refractivity contribution >= 4 is 10.3 Å². The summed E-state index contributed by atoms with van der Waals surface area (Å²) in [7, 11) is -3.78. The molecule has 0 bridgehead atoms. The van der Waals surface area contributed by atoms with Crippen molar-refractivity contribution in [2.45, 2.75) is 12.8 Å². The molecule has 1 aliphatic heterocycles. The van der Waals surface area contributed by atoms with E-state index in [0.717, 1.165) is 19.4 Å². The quantitative estimate of drug-likeness (QED) is 0.666. The van der Waals surface area contributed by atoms with Crippen molar-refractivity contribution < 1.29 is 17.3 Å². The van der Waals surface area contributed by atoms with E-state index in [1.54, 1.807) is 0 Å². The van der Waals surface area contributed by atoms with E-state index in [0.29, 0.717) is 6.61 Å². The number of rotatable bonds is 3. The van der Waals surface area contributed by atoms with Crippen LogP contribution < -0.4 is 5.14 Å². The van der Waals surface area contributed by atoms with Crippen LogP contribution in [0.15, 0.2) is 0 Å². The van der Waals surface area contributed by atoms with Gasteiger partial charge in [0.1, 0.15) is 0 Å². The van der Waals surface area contributed by atoms with Gasteiger partial charge < -0.3 is 4.74 Å². The maximum absolute atomic E-state index is 10.4. The first kappa shape index (κ1) is 9.91. The maximum Gasteiger partial charge on any atom is 0.333 e. The molecule has 1 fully saturated rings. The van der Waals surface area contributed by atoms with E-state index in [9.17, 15) is 8.42 Å². The fourth-order valence-electron chi connectivity index (χ4n) is 1.13. The van der Waals surface area contributed by atoms with Crippen molar-refractivity contribution in [1.82, 2.24) is 0 Å². The van der Waals surface area contributed by atoms with E-state index >= 15 is 0 Å². The third-order valence-corrected chi connectivity index (χ3v) is 2.19. The third-order valence-electron chi connectivity index (χ3n) is 1.72. The standard InChI is InChI=1S/C6H13NO4S/c7-12(8,9)11-5-6-2-1-3-10-4-6/h6H,1-5H2,(H2,7,8,9). The number of ether oxygens (including phenoxy) is 1. The Hall–Kier alpha value is -0.170. The van der Waals surface area contributed by atoms with Crippen LogP contribution in [0.5, 0.6) is 0 Å². The van der Waals surface area contributed by atoms with Gasteiger partial charge in [-0.05, 0) is 12.8 Å². The molecule has 0 aromatic rings. The fraction of sp³-hybridized carbons (Fsp3) is 1.00. The summed E-state index contributed by atoms with van der Waals surface area (Å²) in [5.74, 6) is 0.164. The van der Waals surface area contributed by atoms with Gasteiger partial charge in [-0.1, -0.05) is 0 Å². The Morgan fingerprint density at radius 3 is 2.83 bits per heavy atom. The van der Waals surface area contributed by atoms with Crippen LogP contribution in [0.3, 0.4) is 0 Å². The molecule has 1 saturated heterocycles. The number of hydrogen-bond acceptors (Lipinski definition) is 4. The van der Waals surface area contributed by atoms with Gasteiger partial charge in [-0.25, -0.2) is 5.14 Å². The van der Waals surface area contributed by atoms with E-state index in [1.165, 1.54) is 0 Å².